The number of unbranched alkanes of at least 4 members (excludes halogenated alkanes) is 1. The number of para-hydroxylation sites is 2. The smallest absolute Gasteiger partial charge is 0.176 e. The first kappa shape index (κ1) is 21.6. The third-order valence-corrected chi connectivity index (χ3v) is 6.72. The molecule has 1 aliphatic rings. The SMILES string of the molecule is CCCCn1nnnc1C(c1cc2ccccc2o1)N1CCC(c2ccccc2OC)CC1. The molecule has 5 rings (SSSR count). The van der Waals surface area contributed by atoms with E-state index in [0.29, 0.717) is 5.92 Å². The first-order chi connectivity index (χ1) is 16.3. The van der Waals surface area contributed by atoms with Crippen molar-refractivity contribution in [1.29, 1.82) is 0 Å². The van der Waals surface area contributed by atoms with Gasteiger partial charge in [-0.1, -0.05) is 49.7 Å². The van der Waals surface area contributed by atoms with Crippen LogP contribution in [0, 0.1) is 0 Å². The van der Waals surface area contributed by atoms with Crippen molar-refractivity contribution in [2.75, 3.05) is 20.2 Å². The second kappa shape index (κ2) is 9.75. The quantitative estimate of drug-likeness (QED) is 0.371. The van der Waals surface area contributed by atoms with Gasteiger partial charge in [-0.2, -0.15) is 0 Å². The predicted octanol–water partition coefficient (Wildman–Crippen LogP) is 5.20. The van der Waals surface area contributed by atoms with Gasteiger partial charge in [0.1, 0.15) is 23.1 Å². The topological polar surface area (TPSA) is 69.2 Å². The molecule has 7 heteroatoms. The maximum Gasteiger partial charge on any atom is 0.176 e. The van der Waals surface area contributed by atoms with Gasteiger partial charge in [-0.25, -0.2) is 4.68 Å². The summed E-state index contributed by atoms with van der Waals surface area (Å²) in [6, 6.07) is 18.6. The van der Waals surface area contributed by atoms with E-state index in [1.807, 2.05) is 28.9 Å². The molecule has 7 nitrogen and oxygen atoms in total. The second-order valence-electron chi connectivity index (χ2n) is 8.76. The van der Waals surface area contributed by atoms with Crippen LogP contribution in [0.4, 0.5) is 0 Å². The van der Waals surface area contributed by atoms with Crippen molar-refractivity contribution in [2.45, 2.75) is 51.1 Å². The molecule has 172 valence electrons. The highest BCUT2D eigenvalue weighted by Crippen LogP contribution is 2.39. The lowest BCUT2D eigenvalue weighted by atomic mass is 9.88. The molecule has 0 amide bonds. The lowest BCUT2D eigenvalue weighted by Crippen LogP contribution is -2.38. The van der Waals surface area contributed by atoms with Gasteiger partial charge < -0.3 is 9.15 Å². The fourth-order valence-corrected chi connectivity index (χ4v) is 4.95. The van der Waals surface area contributed by atoms with Gasteiger partial charge in [-0.05, 0) is 72.5 Å². The van der Waals surface area contributed by atoms with E-state index in [4.69, 9.17) is 9.15 Å². The van der Waals surface area contributed by atoms with Crippen LogP contribution in [-0.2, 0) is 6.54 Å². The van der Waals surface area contributed by atoms with Crippen LogP contribution >= 0.6 is 0 Å². The Morgan fingerprint density at radius 1 is 1.09 bits per heavy atom. The van der Waals surface area contributed by atoms with Crippen LogP contribution in [0.2, 0.25) is 0 Å². The van der Waals surface area contributed by atoms with Crippen molar-refractivity contribution in [2.24, 2.45) is 0 Å². The van der Waals surface area contributed by atoms with E-state index in [0.717, 1.165) is 73.6 Å². The van der Waals surface area contributed by atoms with Crippen molar-refractivity contribution >= 4 is 11.0 Å². The molecule has 2 aromatic carbocycles. The zero-order valence-corrected chi connectivity index (χ0v) is 19.4. The molecule has 0 bridgehead atoms. The van der Waals surface area contributed by atoms with Gasteiger partial charge in [0, 0.05) is 11.9 Å². The minimum absolute atomic E-state index is 0.108. The van der Waals surface area contributed by atoms with Crippen molar-refractivity contribution in [3.8, 4) is 5.75 Å². The van der Waals surface area contributed by atoms with Crippen LogP contribution in [-0.4, -0.2) is 45.3 Å². The van der Waals surface area contributed by atoms with Crippen LogP contribution in [0.15, 0.2) is 59.0 Å². The zero-order valence-electron chi connectivity index (χ0n) is 19.4. The predicted molar refractivity (Wildman–Crippen MR) is 127 cm³/mol. The Labute approximate surface area is 194 Å². The van der Waals surface area contributed by atoms with Gasteiger partial charge in [-0.3, -0.25) is 4.90 Å². The van der Waals surface area contributed by atoms with Crippen LogP contribution in [0.1, 0.15) is 61.7 Å². The van der Waals surface area contributed by atoms with Crippen LogP contribution < -0.4 is 4.74 Å². The first-order valence-electron chi connectivity index (χ1n) is 11.9. The van der Waals surface area contributed by atoms with Gasteiger partial charge in [0.2, 0.25) is 0 Å². The summed E-state index contributed by atoms with van der Waals surface area (Å²) < 4.78 is 13.9. The number of nitrogens with zero attached hydrogens (tertiary/aromatic N) is 5. The normalized spacial score (nSPS) is 16.3. The van der Waals surface area contributed by atoms with Crippen LogP contribution in [0.25, 0.3) is 11.0 Å². The molecule has 1 aliphatic heterocycles. The minimum Gasteiger partial charge on any atom is -0.496 e. The number of rotatable bonds is 8. The number of furan rings is 1. The van der Waals surface area contributed by atoms with Crippen molar-refractivity contribution in [3.63, 3.8) is 0 Å². The number of fused-ring (bicyclic) bond motifs is 1. The van der Waals surface area contributed by atoms with E-state index < -0.39 is 0 Å². The van der Waals surface area contributed by atoms with Gasteiger partial charge in [0.05, 0.1) is 7.11 Å². The van der Waals surface area contributed by atoms with Crippen LogP contribution in [0.3, 0.4) is 0 Å². The summed E-state index contributed by atoms with van der Waals surface area (Å²) in [5.74, 6) is 3.22. The first-order valence-corrected chi connectivity index (χ1v) is 11.9. The molecule has 4 aromatic rings. The van der Waals surface area contributed by atoms with Crippen molar-refractivity contribution in [3.05, 3.63) is 71.7 Å². The number of aromatic nitrogens is 4. The monoisotopic (exact) mass is 445 g/mol. The second-order valence-corrected chi connectivity index (χ2v) is 8.76. The number of aryl methyl sites for hydroxylation is 1. The van der Waals surface area contributed by atoms with E-state index in [9.17, 15) is 0 Å². The number of methoxy groups -OCH3 is 1. The van der Waals surface area contributed by atoms with Gasteiger partial charge >= 0.3 is 0 Å². The molecule has 3 heterocycles. The number of ether oxygens (including phenoxy) is 1. The largest absolute Gasteiger partial charge is 0.496 e. The summed E-state index contributed by atoms with van der Waals surface area (Å²) >= 11 is 0. The van der Waals surface area contributed by atoms with E-state index in [1.165, 1.54) is 5.56 Å². The van der Waals surface area contributed by atoms with E-state index >= 15 is 0 Å². The average molecular weight is 446 g/mol. The summed E-state index contributed by atoms with van der Waals surface area (Å²) in [6.45, 7) is 4.87. The summed E-state index contributed by atoms with van der Waals surface area (Å²) in [5.41, 5.74) is 2.20. The number of benzene rings is 2. The molecule has 0 radical (unpaired) electrons. The number of piperidine rings is 1. The highest BCUT2D eigenvalue weighted by atomic mass is 16.5. The summed E-state index contributed by atoms with van der Waals surface area (Å²) in [5, 5.41) is 13.9. The molecule has 33 heavy (non-hydrogen) atoms. The Bertz CT molecular complexity index is 1160. The molecule has 1 fully saturated rings. The lowest BCUT2D eigenvalue weighted by molar-refractivity contribution is 0.150. The highest BCUT2D eigenvalue weighted by Gasteiger charge is 2.34. The Hall–Kier alpha value is -3.19. The van der Waals surface area contributed by atoms with Gasteiger partial charge in [-0.15, -0.1) is 5.10 Å². The maximum absolute atomic E-state index is 6.34. The summed E-state index contributed by atoms with van der Waals surface area (Å²) in [7, 11) is 1.75. The van der Waals surface area contributed by atoms with Crippen molar-refractivity contribution in [1.82, 2.24) is 25.1 Å². The Balaban J connectivity index is 1.45. The van der Waals surface area contributed by atoms with Gasteiger partial charge in [0.25, 0.3) is 0 Å². The average Bonchev–Trinajstić information content (AvgIpc) is 3.50. The third kappa shape index (κ3) is 4.37. The molecule has 1 unspecified atom stereocenters. The van der Waals surface area contributed by atoms with Crippen molar-refractivity contribution < 1.29 is 9.15 Å². The highest BCUT2D eigenvalue weighted by molar-refractivity contribution is 5.77. The number of hydrogen-bond acceptors (Lipinski definition) is 6. The lowest BCUT2D eigenvalue weighted by Gasteiger charge is -2.36. The summed E-state index contributed by atoms with van der Waals surface area (Å²) in [6.07, 6.45) is 4.24. The zero-order chi connectivity index (χ0) is 22.6. The minimum atomic E-state index is -0.108. The molecule has 0 aliphatic carbocycles. The van der Waals surface area contributed by atoms with E-state index in [-0.39, 0.29) is 6.04 Å². The molecule has 2 aromatic heterocycles. The Kier molecular flexibility index (Phi) is 6.39. The molecule has 0 saturated carbocycles. The third-order valence-electron chi connectivity index (χ3n) is 6.72. The number of hydrogen-bond donors (Lipinski definition) is 0. The van der Waals surface area contributed by atoms with E-state index in [1.54, 1.807) is 7.11 Å². The fourth-order valence-electron chi connectivity index (χ4n) is 4.95. The molecular formula is C26H31N5O2. The summed E-state index contributed by atoms with van der Waals surface area (Å²) in [4.78, 5) is 2.47. The Morgan fingerprint density at radius 2 is 1.88 bits per heavy atom. The maximum atomic E-state index is 6.34. The Morgan fingerprint density at radius 3 is 2.67 bits per heavy atom. The molecule has 1 saturated heterocycles. The molecule has 1 atom stereocenters. The number of likely N-dealkylation sites (tertiary alicyclic amines) is 1. The van der Waals surface area contributed by atoms with Gasteiger partial charge in [0.15, 0.2) is 5.82 Å². The molecule has 0 N–H and O–H groups in total. The van der Waals surface area contributed by atoms with Crippen LogP contribution in [0.5, 0.6) is 5.75 Å². The standard InChI is InChI=1S/C26H31N5O2/c1-3-4-15-31-26(27-28-29-31)25(24-18-20-9-5-7-11-22(20)33-24)30-16-13-19(14-17-30)21-10-6-8-12-23(21)32-2/h5-12,18-19,25H,3-4,13-17H2,1-2H3. The molecular weight excluding hydrogens is 414 g/mol. The fraction of sp³-hybridized carbons (Fsp3) is 0.423. The van der Waals surface area contributed by atoms with E-state index in [2.05, 4.69) is 57.7 Å². The number of tetrazole rings is 1. The molecule has 0 spiro atoms.